The number of ether oxygens (including phenoxy) is 2. The fourth-order valence-electron chi connectivity index (χ4n) is 3.59. The highest BCUT2D eigenvalue weighted by Gasteiger charge is 2.21. The van der Waals surface area contributed by atoms with Gasteiger partial charge < -0.3 is 15.2 Å². The molecule has 1 aliphatic rings. The Labute approximate surface area is 169 Å². The largest absolute Gasteiger partial charge is 0.492 e. The third-order valence-electron chi connectivity index (χ3n) is 5.17. The van der Waals surface area contributed by atoms with Crippen LogP contribution in [-0.2, 0) is 0 Å². The van der Waals surface area contributed by atoms with Gasteiger partial charge in [0.2, 0.25) is 0 Å². The van der Waals surface area contributed by atoms with E-state index in [1.165, 1.54) is 38.3 Å². The summed E-state index contributed by atoms with van der Waals surface area (Å²) < 4.78 is 39.3. The molecule has 0 saturated heterocycles. The van der Waals surface area contributed by atoms with Crippen molar-refractivity contribution in [1.82, 2.24) is 4.98 Å². The lowest BCUT2D eigenvalue weighted by molar-refractivity contribution is 0.217. The molecule has 2 N–H and O–H groups in total. The lowest BCUT2D eigenvalue weighted by Gasteiger charge is -2.21. The third-order valence-corrected chi connectivity index (χ3v) is 5.55. The van der Waals surface area contributed by atoms with Crippen molar-refractivity contribution in [3.8, 4) is 11.5 Å². The van der Waals surface area contributed by atoms with E-state index in [1.54, 1.807) is 13.0 Å². The van der Waals surface area contributed by atoms with Gasteiger partial charge in [0, 0.05) is 11.6 Å². The number of nitrogens with zero attached hydrogens (tertiary/aromatic N) is 1. The first-order valence-electron chi connectivity index (χ1n) is 9.64. The number of benzene rings is 1. The summed E-state index contributed by atoms with van der Waals surface area (Å²) in [6.07, 6.45) is 8.11. The van der Waals surface area contributed by atoms with Crippen molar-refractivity contribution in [3.63, 3.8) is 0 Å². The molecule has 0 bridgehead atoms. The molecule has 0 spiro atoms. The molecular weight excluding hydrogens is 386 g/mol. The fraction of sp³-hybridized carbons (Fsp3) is 0.476. The van der Waals surface area contributed by atoms with Crippen molar-refractivity contribution in [2.75, 3.05) is 12.3 Å². The maximum atomic E-state index is 14.1. The maximum Gasteiger partial charge on any atom is 0.166 e. The van der Waals surface area contributed by atoms with E-state index in [-0.39, 0.29) is 22.2 Å². The second-order valence-electron chi connectivity index (χ2n) is 7.21. The molecule has 1 fully saturated rings. The minimum Gasteiger partial charge on any atom is -0.492 e. The van der Waals surface area contributed by atoms with Crippen LogP contribution < -0.4 is 15.2 Å². The van der Waals surface area contributed by atoms with Crippen molar-refractivity contribution < 1.29 is 18.3 Å². The summed E-state index contributed by atoms with van der Waals surface area (Å²) in [5.74, 6) is 0.258. The number of rotatable bonds is 7. The van der Waals surface area contributed by atoms with Gasteiger partial charge in [0.25, 0.3) is 0 Å². The molecule has 152 valence electrons. The first-order chi connectivity index (χ1) is 13.5. The lowest BCUT2D eigenvalue weighted by atomic mass is 9.87. The van der Waals surface area contributed by atoms with Gasteiger partial charge in [-0.25, -0.2) is 13.8 Å². The molecular formula is C21H25ClF2N2O2. The Balaban J connectivity index is 1.65. The molecule has 0 amide bonds. The Morgan fingerprint density at radius 1 is 1.21 bits per heavy atom. The zero-order chi connectivity index (χ0) is 20.1. The van der Waals surface area contributed by atoms with Crippen molar-refractivity contribution in [2.45, 2.75) is 51.6 Å². The van der Waals surface area contributed by atoms with Crippen LogP contribution in [0.3, 0.4) is 0 Å². The van der Waals surface area contributed by atoms with Gasteiger partial charge >= 0.3 is 0 Å². The van der Waals surface area contributed by atoms with Gasteiger partial charge in [-0.05, 0) is 31.4 Å². The smallest absolute Gasteiger partial charge is 0.166 e. The molecule has 1 aromatic carbocycles. The molecule has 4 nitrogen and oxygen atoms in total. The first kappa shape index (κ1) is 20.6. The maximum absolute atomic E-state index is 14.1. The second kappa shape index (κ2) is 9.41. The minimum absolute atomic E-state index is 0.0651. The van der Waals surface area contributed by atoms with Gasteiger partial charge in [-0.3, -0.25) is 0 Å². The summed E-state index contributed by atoms with van der Waals surface area (Å²) in [7, 11) is 0. The summed E-state index contributed by atoms with van der Waals surface area (Å²) >= 11 is 5.91. The monoisotopic (exact) mass is 410 g/mol. The summed E-state index contributed by atoms with van der Waals surface area (Å²) in [4.78, 5) is 4.08. The summed E-state index contributed by atoms with van der Waals surface area (Å²) in [5.41, 5.74) is 5.81. The van der Waals surface area contributed by atoms with Crippen LogP contribution in [0.4, 0.5) is 14.6 Å². The molecule has 7 heteroatoms. The lowest BCUT2D eigenvalue weighted by Crippen LogP contribution is -2.11. The van der Waals surface area contributed by atoms with Gasteiger partial charge in [0.05, 0.1) is 17.8 Å². The second-order valence-corrected chi connectivity index (χ2v) is 7.59. The van der Waals surface area contributed by atoms with Crippen LogP contribution in [0.1, 0.15) is 57.1 Å². The Morgan fingerprint density at radius 2 is 1.93 bits per heavy atom. The highest BCUT2D eigenvalue weighted by molar-refractivity contribution is 6.31. The van der Waals surface area contributed by atoms with E-state index in [0.29, 0.717) is 18.3 Å². The highest BCUT2D eigenvalue weighted by Crippen LogP contribution is 2.34. The van der Waals surface area contributed by atoms with Crippen molar-refractivity contribution in [3.05, 3.63) is 46.6 Å². The summed E-state index contributed by atoms with van der Waals surface area (Å²) in [6, 6.07) is 3.61. The number of aromatic nitrogens is 1. The molecule has 2 aromatic rings. The third kappa shape index (κ3) is 5.04. The van der Waals surface area contributed by atoms with E-state index < -0.39 is 17.7 Å². The van der Waals surface area contributed by atoms with Crippen LogP contribution >= 0.6 is 11.6 Å². The predicted molar refractivity (Wildman–Crippen MR) is 106 cm³/mol. The predicted octanol–water partition coefficient (Wildman–Crippen LogP) is 6.08. The number of anilines is 1. The molecule has 0 radical (unpaired) electrons. The SMILES string of the molecule is CC(Oc1cc(OCCC2CCCCC2)cnc1N)c1c(F)ccc(F)c1Cl. The molecule has 0 aliphatic heterocycles. The fourth-order valence-corrected chi connectivity index (χ4v) is 3.90. The molecule has 1 atom stereocenters. The topological polar surface area (TPSA) is 57.4 Å². The van der Waals surface area contributed by atoms with Crippen LogP contribution in [0.5, 0.6) is 11.5 Å². The van der Waals surface area contributed by atoms with E-state index in [4.69, 9.17) is 26.8 Å². The summed E-state index contributed by atoms with van der Waals surface area (Å²) in [6.45, 7) is 2.16. The molecule has 1 aliphatic carbocycles. The molecule has 1 heterocycles. The molecule has 28 heavy (non-hydrogen) atoms. The standard InChI is InChI=1S/C21H25ClF2N2O2/c1-13(19-16(23)7-8-17(24)20(19)22)28-18-11-15(12-26-21(18)25)27-10-9-14-5-3-2-4-6-14/h7-8,11-14H,2-6,9-10H2,1H3,(H2,25,26). The molecule has 1 unspecified atom stereocenters. The number of hydrogen-bond acceptors (Lipinski definition) is 4. The van der Waals surface area contributed by atoms with Crippen LogP contribution in [0.25, 0.3) is 0 Å². The Morgan fingerprint density at radius 3 is 2.68 bits per heavy atom. The van der Waals surface area contributed by atoms with E-state index in [0.717, 1.165) is 18.6 Å². The van der Waals surface area contributed by atoms with Crippen molar-refractivity contribution in [2.24, 2.45) is 5.92 Å². The Hall–Kier alpha value is -2.08. The van der Waals surface area contributed by atoms with Crippen LogP contribution in [0.15, 0.2) is 24.4 Å². The quantitative estimate of drug-likeness (QED) is 0.561. The highest BCUT2D eigenvalue weighted by atomic mass is 35.5. The van der Waals surface area contributed by atoms with Crippen LogP contribution in [0.2, 0.25) is 5.02 Å². The van der Waals surface area contributed by atoms with Crippen LogP contribution in [0, 0.1) is 17.6 Å². The van der Waals surface area contributed by atoms with Crippen LogP contribution in [-0.4, -0.2) is 11.6 Å². The van der Waals surface area contributed by atoms with E-state index >= 15 is 0 Å². The number of pyridine rings is 1. The zero-order valence-electron chi connectivity index (χ0n) is 15.9. The average molecular weight is 411 g/mol. The number of nitrogens with two attached hydrogens (primary N) is 1. The Kier molecular flexibility index (Phi) is 6.94. The van der Waals surface area contributed by atoms with Gasteiger partial charge in [-0.2, -0.15) is 0 Å². The number of nitrogen functional groups attached to an aromatic ring is 1. The van der Waals surface area contributed by atoms with E-state index in [2.05, 4.69) is 4.98 Å². The van der Waals surface area contributed by atoms with Gasteiger partial charge in [0.1, 0.15) is 23.5 Å². The average Bonchev–Trinajstić information content (AvgIpc) is 2.68. The zero-order valence-corrected chi connectivity index (χ0v) is 16.6. The molecule has 1 aromatic heterocycles. The van der Waals surface area contributed by atoms with Crippen molar-refractivity contribution >= 4 is 17.4 Å². The van der Waals surface area contributed by atoms with Gasteiger partial charge in [-0.15, -0.1) is 0 Å². The summed E-state index contributed by atoms with van der Waals surface area (Å²) in [5, 5.41) is -0.307. The van der Waals surface area contributed by atoms with Crippen molar-refractivity contribution in [1.29, 1.82) is 0 Å². The van der Waals surface area contributed by atoms with E-state index in [1.807, 2.05) is 0 Å². The molecule has 3 rings (SSSR count). The first-order valence-corrected chi connectivity index (χ1v) is 10.0. The normalized spacial score (nSPS) is 16.0. The van der Waals surface area contributed by atoms with Gasteiger partial charge in [0.15, 0.2) is 11.6 Å². The number of halogens is 3. The number of hydrogen-bond donors (Lipinski definition) is 1. The van der Waals surface area contributed by atoms with E-state index in [9.17, 15) is 8.78 Å². The molecule has 1 saturated carbocycles. The van der Waals surface area contributed by atoms with Gasteiger partial charge in [-0.1, -0.05) is 43.7 Å². The Bertz CT molecular complexity index is 813. The minimum atomic E-state index is -0.857.